The predicted molar refractivity (Wildman–Crippen MR) is 72.9 cm³/mol. The van der Waals surface area contributed by atoms with Crippen molar-refractivity contribution in [3.63, 3.8) is 0 Å². The van der Waals surface area contributed by atoms with Crippen LogP contribution in [0.4, 0.5) is 0 Å². The largest absolute Gasteiger partial charge is 0.374 e. The van der Waals surface area contributed by atoms with Crippen LogP contribution in [-0.2, 0) is 14.3 Å². The molecule has 0 aliphatic carbocycles. The highest BCUT2D eigenvalue weighted by Crippen LogP contribution is 2.33. The molecule has 2 saturated heterocycles. The van der Waals surface area contributed by atoms with Crippen LogP contribution in [0.25, 0.3) is 0 Å². The Morgan fingerprint density at radius 1 is 1.32 bits per heavy atom. The van der Waals surface area contributed by atoms with E-state index in [4.69, 9.17) is 9.47 Å². The molecule has 2 aliphatic rings. The van der Waals surface area contributed by atoms with E-state index in [1.165, 1.54) is 0 Å². The molecule has 2 heterocycles. The third kappa shape index (κ3) is 3.09. The number of hydrogen-bond donors (Lipinski definition) is 1. The Bertz CT molecular complexity index is 322. The summed E-state index contributed by atoms with van der Waals surface area (Å²) < 4.78 is 11.4. The second kappa shape index (κ2) is 6.20. The summed E-state index contributed by atoms with van der Waals surface area (Å²) in [5, 5.41) is 3.10. The van der Waals surface area contributed by atoms with Gasteiger partial charge in [-0.1, -0.05) is 6.92 Å². The van der Waals surface area contributed by atoms with E-state index in [9.17, 15) is 4.79 Å². The summed E-state index contributed by atoms with van der Waals surface area (Å²) >= 11 is 0. The van der Waals surface area contributed by atoms with E-state index in [-0.39, 0.29) is 36.1 Å². The van der Waals surface area contributed by atoms with Crippen LogP contribution in [0.1, 0.15) is 20.8 Å². The predicted octanol–water partition coefficient (Wildman–Crippen LogP) is 0.493. The lowest BCUT2D eigenvalue weighted by atomic mass is 9.88. The fourth-order valence-corrected chi connectivity index (χ4v) is 3.17. The van der Waals surface area contributed by atoms with E-state index >= 15 is 0 Å². The van der Waals surface area contributed by atoms with Gasteiger partial charge in [-0.25, -0.2) is 0 Å². The van der Waals surface area contributed by atoms with Gasteiger partial charge in [-0.15, -0.1) is 0 Å². The normalized spacial score (nSPS) is 39.6. The maximum atomic E-state index is 12.7. The molecule has 2 aliphatic heterocycles. The van der Waals surface area contributed by atoms with E-state index in [0.717, 1.165) is 6.54 Å². The molecule has 0 aromatic carbocycles. The number of carbonyl (C=O) groups is 1. The van der Waals surface area contributed by atoms with Crippen molar-refractivity contribution in [2.45, 2.75) is 39.1 Å². The highest BCUT2D eigenvalue weighted by atomic mass is 16.5. The molecule has 1 amide bonds. The average molecular weight is 270 g/mol. The van der Waals surface area contributed by atoms with Gasteiger partial charge < -0.3 is 19.7 Å². The molecule has 110 valence electrons. The molecular weight excluding hydrogens is 244 g/mol. The molecule has 2 rings (SSSR count). The monoisotopic (exact) mass is 270 g/mol. The molecule has 19 heavy (non-hydrogen) atoms. The second-order valence-electron chi connectivity index (χ2n) is 5.77. The average Bonchev–Trinajstić information content (AvgIpc) is 2.63. The first kappa shape index (κ1) is 14.8. The lowest BCUT2D eigenvalue weighted by molar-refractivity contribution is -0.145. The quantitative estimate of drug-likeness (QED) is 0.811. The highest BCUT2D eigenvalue weighted by molar-refractivity contribution is 5.80. The first-order chi connectivity index (χ1) is 9.04. The van der Waals surface area contributed by atoms with Gasteiger partial charge in [0.25, 0.3) is 0 Å². The minimum Gasteiger partial charge on any atom is -0.374 e. The van der Waals surface area contributed by atoms with Crippen LogP contribution in [0.5, 0.6) is 0 Å². The van der Waals surface area contributed by atoms with Crippen molar-refractivity contribution in [3.05, 3.63) is 0 Å². The van der Waals surface area contributed by atoms with Crippen molar-refractivity contribution in [2.24, 2.45) is 11.8 Å². The lowest BCUT2D eigenvalue weighted by Gasteiger charge is -2.35. The summed E-state index contributed by atoms with van der Waals surface area (Å²) in [6, 6.07) is 0. The standard InChI is InChI=1S/C14H26N2O3/c1-9-10(2)19-11(3)13(9)14(17)16-5-6-18-12(8-16)7-15-4/h9-13,15H,5-8H2,1-4H3. The maximum Gasteiger partial charge on any atom is 0.228 e. The van der Waals surface area contributed by atoms with Gasteiger partial charge in [-0.3, -0.25) is 4.79 Å². The summed E-state index contributed by atoms with van der Waals surface area (Å²) in [6.45, 7) is 8.97. The van der Waals surface area contributed by atoms with Crippen LogP contribution in [0, 0.1) is 11.8 Å². The molecule has 5 heteroatoms. The van der Waals surface area contributed by atoms with E-state index in [1.807, 2.05) is 18.9 Å². The second-order valence-corrected chi connectivity index (χ2v) is 5.77. The zero-order valence-corrected chi connectivity index (χ0v) is 12.4. The Kier molecular flexibility index (Phi) is 4.81. The van der Waals surface area contributed by atoms with Crippen molar-refractivity contribution in [3.8, 4) is 0 Å². The SMILES string of the molecule is CNCC1CN(C(=O)C2C(C)OC(C)C2C)CCO1. The maximum absolute atomic E-state index is 12.7. The topological polar surface area (TPSA) is 50.8 Å². The third-order valence-corrected chi connectivity index (χ3v) is 4.41. The molecule has 0 bridgehead atoms. The molecule has 0 aromatic heterocycles. The molecule has 1 N–H and O–H groups in total. The van der Waals surface area contributed by atoms with Crippen molar-refractivity contribution in [1.29, 1.82) is 0 Å². The summed E-state index contributed by atoms with van der Waals surface area (Å²) in [7, 11) is 1.90. The fourth-order valence-electron chi connectivity index (χ4n) is 3.17. The Hall–Kier alpha value is -0.650. The highest BCUT2D eigenvalue weighted by Gasteiger charge is 2.43. The van der Waals surface area contributed by atoms with E-state index in [2.05, 4.69) is 19.2 Å². The Morgan fingerprint density at radius 3 is 2.63 bits per heavy atom. The summed E-state index contributed by atoms with van der Waals surface area (Å²) in [5.74, 6) is 0.505. The summed E-state index contributed by atoms with van der Waals surface area (Å²) in [6.07, 6.45) is 0.286. The summed E-state index contributed by atoms with van der Waals surface area (Å²) in [5.41, 5.74) is 0. The lowest BCUT2D eigenvalue weighted by Crippen LogP contribution is -2.51. The van der Waals surface area contributed by atoms with Gasteiger partial charge in [0.15, 0.2) is 0 Å². The van der Waals surface area contributed by atoms with Gasteiger partial charge in [0.1, 0.15) is 0 Å². The number of carbonyl (C=O) groups excluding carboxylic acids is 1. The van der Waals surface area contributed by atoms with Crippen molar-refractivity contribution in [1.82, 2.24) is 10.2 Å². The first-order valence-corrected chi connectivity index (χ1v) is 7.25. The smallest absolute Gasteiger partial charge is 0.228 e. The van der Waals surface area contributed by atoms with Gasteiger partial charge in [-0.05, 0) is 26.8 Å². The van der Waals surface area contributed by atoms with Crippen LogP contribution in [0.3, 0.4) is 0 Å². The van der Waals surface area contributed by atoms with Gasteiger partial charge in [0.05, 0.1) is 30.8 Å². The molecule has 0 aromatic rings. The van der Waals surface area contributed by atoms with Crippen LogP contribution < -0.4 is 5.32 Å². The first-order valence-electron chi connectivity index (χ1n) is 7.25. The van der Waals surface area contributed by atoms with Crippen LogP contribution in [0.2, 0.25) is 0 Å². The van der Waals surface area contributed by atoms with Crippen LogP contribution in [0.15, 0.2) is 0 Å². The number of morpholine rings is 1. The van der Waals surface area contributed by atoms with Gasteiger partial charge in [0.2, 0.25) is 5.91 Å². The van der Waals surface area contributed by atoms with Crippen molar-refractivity contribution < 1.29 is 14.3 Å². The molecular formula is C14H26N2O3. The molecule has 0 spiro atoms. The van der Waals surface area contributed by atoms with Crippen molar-refractivity contribution >= 4 is 5.91 Å². The van der Waals surface area contributed by atoms with Gasteiger partial charge >= 0.3 is 0 Å². The van der Waals surface area contributed by atoms with E-state index < -0.39 is 0 Å². The van der Waals surface area contributed by atoms with Crippen LogP contribution >= 0.6 is 0 Å². The van der Waals surface area contributed by atoms with E-state index in [0.29, 0.717) is 19.7 Å². The number of nitrogens with one attached hydrogen (secondary N) is 1. The van der Waals surface area contributed by atoms with Crippen molar-refractivity contribution in [2.75, 3.05) is 33.3 Å². The fraction of sp³-hybridized carbons (Fsp3) is 0.929. The zero-order chi connectivity index (χ0) is 14.0. The Labute approximate surface area is 115 Å². The minimum absolute atomic E-state index is 0.0108. The number of rotatable bonds is 3. The molecule has 5 nitrogen and oxygen atoms in total. The molecule has 0 saturated carbocycles. The number of hydrogen-bond acceptors (Lipinski definition) is 4. The molecule has 5 unspecified atom stereocenters. The number of amides is 1. The minimum atomic E-state index is -0.0108. The number of likely N-dealkylation sites (N-methyl/N-ethyl adjacent to an activating group) is 1. The Morgan fingerprint density at radius 2 is 2.05 bits per heavy atom. The van der Waals surface area contributed by atoms with E-state index in [1.54, 1.807) is 0 Å². The van der Waals surface area contributed by atoms with Gasteiger partial charge in [-0.2, -0.15) is 0 Å². The number of ether oxygens (including phenoxy) is 2. The summed E-state index contributed by atoms with van der Waals surface area (Å²) in [4.78, 5) is 14.6. The Balaban J connectivity index is 1.99. The zero-order valence-electron chi connectivity index (χ0n) is 12.4. The third-order valence-electron chi connectivity index (χ3n) is 4.41. The van der Waals surface area contributed by atoms with Crippen LogP contribution in [-0.4, -0.2) is 62.4 Å². The van der Waals surface area contributed by atoms with Gasteiger partial charge in [0, 0.05) is 19.6 Å². The molecule has 5 atom stereocenters. The number of nitrogens with zero attached hydrogens (tertiary/aromatic N) is 1. The molecule has 0 radical (unpaired) electrons. The molecule has 2 fully saturated rings.